The molecule has 0 amide bonds. The monoisotopic (exact) mass is 173 g/mol. The molecule has 0 atom stereocenters. The topological polar surface area (TPSA) is 29.7 Å². The third kappa shape index (κ3) is 1.22. The van der Waals surface area contributed by atoms with E-state index in [4.69, 9.17) is 0 Å². The van der Waals surface area contributed by atoms with Crippen LogP contribution in [0.1, 0.15) is 11.5 Å². The highest BCUT2D eigenvalue weighted by molar-refractivity contribution is 5.87. The molecule has 0 bridgehead atoms. The highest BCUT2D eigenvalue weighted by atomic mass is 15.0. The second-order valence-corrected chi connectivity index (χ2v) is 2.89. The maximum atomic E-state index is 4.39. The van der Waals surface area contributed by atoms with Crippen molar-refractivity contribution < 1.29 is 0 Å². The summed E-state index contributed by atoms with van der Waals surface area (Å²) in [7, 11) is 1.75. The number of nitrogens with zero attached hydrogens (tertiary/aromatic N) is 3. The van der Waals surface area contributed by atoms with Gasteiger partial charge in [-0.05, 0) is 19.1 Å². The molecule has 0 saturated heterocycles. The summed E-state index contributed by atoms with van der Waals surface area (Å²) in [4.78, 5) is 8.36. The standard InChI is InChI=1S/C10H11N3/c1-8-12-9(7-11-2)10-5-3-4-6-13(8)10/h3-7H,1-2H3. The fourth-order valence-electron chi connectivity index (χ4n) is 1.44. The van der Waals surface area contributed by atoms with Gasteiger partial charge in [-0.3, -0.25) is 4.99 Å². The molecular formula is C10H11N3. The molecular weight excluding hydrogens is 162 g/mol. The second-order valence-electron chi connectivity index (χ2n) is 2.89. The molecule has 0 aliphatic rings. The van der Waals surface area contributed by atoms with Gasteiger partial charge in [0, 0.05) is 19.5 Å². The lowest BCUT2D eigenvalue weighted by molar-refractivity contribution is 1.04. The van der Waals surface area contributed by atoms with Gasteiger partial charge in [0.2, 0.25) is 0 Å². The van der Waals surface area contributed by atoms with Crippen molar-refractivity contribution in [1.82, 2.24) is 9.38 Å². The van der Waals surface area contributed by atoms with Crippen LogP contribution < -0.4 is 0 Å². The summed E-state index contributed by atoms with van der Waals surface area (Å²) in [6.07, 6.45) is 3.78. The molecule has 0 radical (unpaired) electrons. The molecule has 0 aliphatic carbocycles. The highest BCUT2D eigenvalue weighted by Gasteiger charge is 2.03. The first-order valence-corrected chi connectivity index (χ1v) is 4.19. The maximum Gasteiger partial charge on any atom is 0.110 e. The Hall–Kier alpha value is -1.64. The Labute approximate surface area is 76.8 Å². The summed E-state index contributed by atoms with van der Waals surface area (Å²) in [5, 5.41) is 0. The number of rotatable bonds is 1. The van der Waals surface area contributed by atoms with E-state index < -0.39 is 0 Å². The van der Waals surface area contributed by atoms with Crippen molar-refractivity contribution in [3.8, 4) is 0 Å². The Balaban J connectivity index is 2.77. The van der Waals surface area contributed by atoms with E-state index in [1.54, 1.807) is 13.3 Å². The largest absolute Gasteiger partial charge is 0.303 e. The van der Waals surface area contributed by atoms with Crippen LogP contribution in [0.4, 0.5) is 0 Å². The molecule has 0 aromatic carbocycles. The zero-order chi connectivity index (χ0) is 9.26. The average Bonchev–Trinajstić information content (AvgIpc) is 2.46. The van der Waals surface area contributed by atoms with E-state index in [1.807, 2.05) is 31.3 Å². The number of imidazole rings is 1. The van der Waals surface area contributed by atoms with Crippen molar-refractivity contribution in [3.05, 3.63) is 35.9 Å². The van der Waals surface area contributed by atoms with Crippen LogP contribution >= 0.6 is 0 Å². The first kappa shape index (κ1) is 7.98. The number of aromatic nitrogens is 2. The molecule has 13 heavy (non-hydrogen) atoms. The van der Waals surface area contributed by atoms with E-state index >= 15 is 0 Å². The van der Waals surface area contributed by atoms with Gasteiger partial charge in [-0.15, -0.1) is 0 Å². The van der Waals surface area contributed by atoms with E-state index in [1.165, 1.54) is 0 Å². The smallest absolute Gasteiger partial charge is 0.110 e. The minimum Gasteiger partial charge on any atom is -0.303 e. The van der Waals surface area contributed by atoms with Gasteiger partial charge in [0.05, 0.1) is 5.52 Å². The van der Waals surface area contributed by atoms with Gasteiger partial charge in [0.1, 0.15) is 11.5 Å². The van der Waals surface area contributed by atoms with Gasteiger partial charge >= 0.3 is 0 Å². The first-order chi connectivity index (χ1) is 6.33. The van der Waals surface area contributed by atoms with Gasteiger partial charge < -0.3 is 4.40 Å². The molecule has 0 fully saturated rings. The van der Waals surface area contributed by atoms with Crippen molar-refractivity contribution in [1.29, 1.82) is 0 Å². The van der Waals surface area contributed by atoms with Crippen LogP contribution in [0.15, 0.2) is 29.4 Å². The Morgan fingerprint density at radius 2 is 2.31 bits per heavy atom. The van der Waals surface area contributed by atoms with Crippen LogP contribution in [0.3, 0.4) is 0 Å². The van der Waals surface area contributed by atoms with Crippen molar-refractivity contribution >= 4 is 11.7 Å². The maximum absolute atomic E-state index is 4.39. The van der Waals surface area contributed by atoms with Crippen LogP contribution in [0.2, 0.25) is 0 Å². The van der Waals surface area contributed by atoms with Gasteiger partial charge in [-0.2, -0.15) is 0 Å². The zero-order valence-corrected chi connectivity index (χ0v) is 7.73. The number of aliphatic imine (C=N–C) groups is 1. The molecule has 66 valence electrons. The molecule has 0 spiro atoms. The lowest BCUT2D eigenvalue weighted by Gasteiger charge is -1.93. The quantitative estimate of drug-likeness (QED) is 0.603. The summed E-state index contributed by atoms with van der Waals surface area (Å²) in [5.74, 6) is 0.991. The lowest BCUT2D eigenvalue weighted by atomic mass is 10.3. The number of fused-ring (bicyclic) bond motifs is 1. The summed E-state index contributed by atoms with van der Waals surface area (Å²) < 4.78 is 2.05. The van der Waals surface area contributed by atoms with Crippen LogP contribution in [0.25, 0.3) is 5.52 Å². The molecule has 0 unspecified atom stereocenters. The molecule has 2 rings (SSSR count). The molecule has 0 saturated carbocycles. The van der Waals surface area contributed by atoms with E-state index in [9.17, 15) is 0 Å². The minimum atomic E-state index is 0.931. The number of hydrogen-bond donors (Lipinski definition) is 0. The minimum absolute atomic E-state index is 0.931. The predicted octanol–water partition coefficient (Wildman–Crippen LogP) is 1.69. The van der Waals surface area contributed by atoms with Crippen LogP contribution in [-0.2, 0) is 0 Å². The lowest BCUT2D eigenvalue weighted by Crippen LogP contribution is -1.84. The average molecular weight is 173 g/mol. The van der Waals surface area contributed by atoms with Gasteiger partial charge in [-0.25, -0.2) is 4.98 Å². The molecule has 2 aromatic rings. The molecule has 2 aromatic heterocycles. The number of aryl methyl sites for hydroxylation is 1. The number of pyridine rings is 1. The SMILES string of the molecule is CN=Cc1nc(C)n2ccccc12. The Morgan fingerprint density at radius 1 is 1.46 bits per heavy atom. The highest BCUT2D eigenvalue weighted by Crippen LogP contribution is 2.10. The molecule has 0 aliphatic heterocycles. The summed E-state index contributed by atoms with van der Waals surface area (Å²) in [6.45, 7) is 1.99. The predicted molar refractivity (Wildman–Crippen MR) is 53.4 cm³/mol. The molecule has 3 nitrogen and oxygen atoms in total. The third-order valence-corrected chi connectivity index (χ3v) is 2.00. The van der Waals surface area contributed by atoms with Gasteiger partial charge in [-0.1, -0.05) is 6.07 Å². The normalized spacial score (nSPS) is 11.5. The van der Waals surface area contributed by atoms with Gasteiger partial charge in [0.25, 0.3) is 0 Å². The van der Waals surface area contributed by atoms with E-state index in [2.05, 4.69) is 14.4 Å². The molecule has 2 heterocycles. The summed E-state index contributed by atoms with van der Waals surface area (Å²) >= 11 is 0. The first-order valence-electron chi connectivity index (χ1n) is 4.19. The van der Waals surface area contributed by atoms with Crippen molar-refractivity contribution in [2.24, 2.45) is 4.99 Å². The van der Waals surface area contributed by atoms with Crippen molar-refractivity contribution in [3.63, 3.8) is 0 Å². The van der Waals surface area contributed by atoms with Crippen LogP contribution in [0, 0.1) is 6.92 Å². The van der Waals surface area contributed by atoms with Crippen LogP contribution in [0.5, 0.6) is 0 Å². The third-order valence-electron chi connectivity index (χ3n) is 2.00. The van der Waals surface area contributed by atoms with Crippen LogP contribution in [-0.4, -0.2) is 22.6 Å². The summed E-state index contributed by atoms with van der Waals surface area (Å²) in [5.41, 5.74) is 2.03. The van der Waals surface area contributed by atoms with Crippen molar-refractivity contribution in [2.45, 2.75) is 6.92 Å². The summed E-state index contributed by atoms with van der Waals surface area (Å²) in [6, 6.07) is 6.04. The Bertz CT molecular complexity index is 454. The van der Waals surface area contributed by atoms with Crippen molar-refractivity contribution in [2.75, 3.05) is 7.05 Å². The zero-order valence-electron chi connectivity index (χ0n) is 7.73. The molecule has 3 heteroatoms. The second kappa shape index (κ2) is 3.01. The van der Waals surface area contributed by atoms with Gasteiger partial charge in [0.15, 0.2) is 0 Å². The fraction of sp³-hybridized carbons (Fsp3) is 0.200. The number of hydrogen-bond acceptors (Lipinski definition) is 2. The Morgan fingerprint density at radius 3 is 3.08 bits per heavy atom. The fourth-order valence-corrected chi connectivity index (χ4v) is 1.44. The van der Waals surface area contributed by atoms with E-state index in [0.717, 1.165) is 17.0 Å². The Kier molecular flexibility index (Phi) is 1.85. The van der Waals surface area contributed by atoms with E-state index in [0.29, 0.717) is 0 Å². The molecule has 0 N–H and O–H groups in total. The van der Waals surface area contributed by atoms with E-state index in [-0.39, 0.29) is 0 Å².